The summed E-state index contributed by atoms with van der Waals surface area (Å²) in [4.78, 5) is 14.4. The number of hydrogen-bond acceptors (Lipinski definition) is 2. The Morgan fingerprint density at radius 1 is 1.20 bits per heavy atom. The third-order valence-corrected chi connectivity index (χ3v) is 4.18. The molecule has 0 saturated heterocycles. The van der Waals surface area contributed by atoms with E-state index in [4.69, 9.17) is 0 Å². The fourth-order valence-electron chi connectivity index (χ4n) is 2.98. The molecule has 1 N–H and O–H groups in total. The fraction of sp³-hybridized carbons (Fsp3) is 0.588. The molecule has 3 heteroatoms. The van der Waals surface area contributed by atoms with Gasteiger partial charge in [0.15, 0.2) is 0 Å². The van der Waals surface area contributed by atoms with Gasteiger partial charge in [0.25, 0.3) is 0 Å². The molecule has 3 nitrogen and oxygen atoms in total. The summed E-state index contributed by atoms with van der Waals surface area (Å²) in [5.74, 6) is 0.140. The fourth-order valence-corrected chi connectivity index (χ4v) is 2.98. The number of amides is 1. The van der Waals surface area contributed by atoms with E-state index in [1.54, 1.807) is 0 Å². The predicted octanol–water partition coefficient (Wildman–Crippen LogP) is 2.96. The van der Waals surface area contributed by atoms with Crippen LogP contribution in [0.4, 0.5) is 0 Å². The zero-order valence-electron chi connectivity index (χ0n) is 12.5. The molecule has 0 heterocycles. The van der Waals surface area contributed by atoms with Gasteiger partial charge in [-0.25, -0.2) is 0 Å². The van der Waals surface area contributed by atoms with Crippen molar-refractivity contribution in [3.8, 4) is 0 Å². The van der Waals surface area contributed by atoms with E-state index < -0.39 is 0 Å². The van der Waals surface area contributed by atoms with Crippen LogP contribution in [0.15, 0.2) is 30.3 Å². The maximum Gasteiger partial charge on any atom is 0.234 e. The van der Waals surface area contributed by atoms with Crippen molar-refractivity contribution in [1.82, 2.24) is 10.2 Å². The molecule has 0 bridgehead atoms. The second kappa shape index (κ2) is 8.05. The smallest absolute Gasteiger partial charge is 0.234 e. The Morgan fingerprint density at radius 3 is 2.55 bits per heavy atom. The molecular formula is C17H26N2O. The van der Waals surface area contributed by atoms with Crippen LogP contribution in [0.5, 0.6) is 0 Å². The molecule has 0 radical (unpaired) electrons. The zero-order valence-corrected chi connectivity index (χ0v) is 12.5. The predicted molar refractivity (Wildman–Crippen MR) is 82.4 cm³/mol. The highest BCUT2D eigenvalue weighted by Crippen LogP contribution is 2.22. The molecule has 0 unspecified atom stereocenters. The molecule has 1 aromatic carbocycles. The van der Waals surface area contributed by atoms with Gasteiger partial charge < -0.3 is 5.32 Å². The lowest BCUT2D eigenvalue weighted by atomic mass is 9.94. The highest BCUT2D eigenvalue weighted by atomic mass is 16.2. The number of rotatable bonds is 6. The molecule has 0 spiro atoms. The van der Waals surface area contributed by atoms with Gasteiger partial charge in [-0.1, -0.05) is 56.5 Å². The monoisotopic (exact) mass is 274 g/mol. The van der Waals surface area contributed by atoms with Crippen LogP contribution in [0.25, 0.3) is 0 Å². The molecular weight excluding hydrogens is 248 g/mol. The molecule has 1 amide bonds. The summed E-state index contributed by atoms with van der Waals surface area (Å²) in [6.07, 6.45) is 6.48. The second-order valence-corrected chi connectivity index (χ2v) is 5.62. The molecule has 0 atom stereocenters. The molecule has 1 fully saturated rings. The van der Waals surface area contributed by atoms with Crippen molar-refractivity contribution in [2.45, 2.75) is 51.6 Å². The summed E-state index contributed by atoms with van der Waals surface area (Å²) in [5.41, 5.74) is 1.15. The van der Waals surface area contributed by atoms with E-state index in [1.807, 2.05) is 30.3 Å². The van der Waals surface area contributed by atoms with E-state index in [-0.39, 0.29) is 5.91 Å². The summed E-state index contributed by atoms with van der Waals surface area (Å²) in [6, 6.07) is 10.7. The Bertz CT molecular complexity index is 399. The number of carbonyl (C=O) groups excluding carboxylic acids is 1. The SMILES string of the molecule is CCN(CC(=O)NCc1ccccc1)C1CCCCC1. The lowest BCUT2D eigenvalue weighted by Crippen LogP contribution is -2.43. The van der Waals surface area contributed by atoms with E-state index >= 15 is 0 Å². The first-order chi connectivity index (χ1) is 9.79. The van der Waals surface area contributed by atoms with Crippen LogP contribution in [0.1, 0.15) is 44.6 Å². The number of benzene rings is 1. The third-order valence-electron chi connectivity index (χ3n) is 4.18. The highest BCUT2D eigenvalue weighted by Gasteiger charge is 2.21. The topological polar surface area (TPSA) is 32.3 Å². The minimum absolute atomic E-state index is 0.140. The van der Waals surface area contributed by atoms with Gasteiger partial charge in [0, 0.05) is 12.6 Å². The van der Waals surface area contributed by atoms with Gasteiger partial charge in [-0.15, -0.1) is 0 Å². The summed E-state index contributed by atoms with van der Waals surface area (Å²) < 4.78 is 0. The molecule has 0 aromatic heterocycles. The summed E-state index contributed by atoms with van der Waals surface area (Å²) in [6.45, 7) is 4.28. The number of nitrogens with zero attached hydrogens (tertiary/aromatic N) is 1. The molecule has 20 heavy (non-hydrogen) atoms. The van der Waals surface area contributed by atoms with E-state index in [9.17, 15) is 4.79 Å². The quantitative estimate of drug-likeness (QED) is 0.865. The van der Waals surface area contributed by atoms with Crippen molar-refractivity contribution in [3.05, 3.63) is 35.9 Å². The summed E-state index contributed by atoms with van der Waals surface area (Å²) in [7, 11) is 0. The van der Waals surface area contributed by atoms with Crippen molar-refractivity contribution in [1.29, 1.82) is 0 Å². The minimum Gasteiger partial charge on any atom is -0.351 e. The maximum atomic E-state index is 12.1. The molecule has 1 aliphatic rings. The molecule has 1 saturated carbocycles. The summed E-state index contributed by atoms with van der Waals surface area (Å²) >= 11 is 0. The van der Waals surface area contributed by atoms with E-state index in [0.29, 0.717) is 19.1 Å². The van der Waals surface area contributed by atoms with Crippen LogP contribution < -0.4 is 5.32 Å². The highest BCUT2D eigenvalue weighted by molar-refractivity contribution is 5.78. The molecule has 1 aliphatic carbocycles. The van der Waals surface area contributed by atoms with Gasteiger partial charge in [0.2, 0.25) is 5.91 Å². The third kappa shape index (κ3) is 4.64. The van der Waals surface area contributed by atoms with Crippen LogP contribution in [-0.2, 0) is 11.3 Å². The van der Waals surface area contributed by atoms with Crippen molar-refractivity contribution < 1.29 is 4.79 Å². The normalized spacial score (nSPS) is 16.3. The lowest BCUT2D eigenvalue weighted by Gasteiger charge is -2.32. The molecule has 1 aromatic rings. The van der Waals surface area contributed by atoms with Crippen molar-refractivity contribution >= 4 is 5.91 Å². The van der Waals surface area contributed by atoms with Gasteiger partial charge in [0.05, 0.1) is 6.54 Å². The number of hydrogen-bond donors (Lipinski definition) is 1. The average Bonchev–Trinajstić information content (AvgIpc) is 2.52. The zero-order chi connectivity index (χ0) is 14.2. The number of carbonyl (C=O) groups is 1. The Labute approximate surface area is 122 Å². The van der Waals surface area contributed by atoms with Gasteiger partial charge >= 0.3 is 0 Å². The first-order valence-corrected chi connectivity index (χ1v) is 7.84. The Kier molecular flexibility index (Phi) is 6.06. The van der Waals surface area contributed by atoms with Crippen molar-refractivity contribution in [2.24, 2.45) is 0 Å². The number of nitrogens with one attached hydrogen (secondary N) is 1. The Balaban J connectivity index is 1.77. The van der Waals surface area contributed by atoms with Gasteiger partial charge in [-0.3, -0.25) is 9.69 Å². The van der Waals surface area contributed by atoms with E-state index in [0.717, 1.165) is 12.1 Å². The lowest BCUT2D eigenvalue weighted by molar-refractivity contribution is -0.123. The van der Waals surface area contributed by atoms with Crippen LogP contribution in [0.2, 0.25) is 0 Å². The average molecular weight is 274 g/mol. The second-order valence-electron chi connectivity index (χ2n) is 5.62. The summed E-state index contributed by atoms with van der Waals surface area (Å²) in [5, 5.41) is 3.02. The van der Waals surface area contributed by atoms with Crippen LogP contribution in [0.3, 0.4) is 0 Å². The number of likely N-dealkylation sites (N-methyl/N-ethyl adjacent to an activating group) is 1. The van der Waals surface area contributed by atoms with E-state index in [2.05, 4.69) is 17.1 Å². The Morgan fingerprint density at radius 2 is 1.90 bits per heavy atom. The van der Waals surface area contributed by atoms with Gasteiger partial charge in [0.1, 0.15) is 0 Å². The molecule has 2 rings (SSSR count). The first-order valence-electron chi connectivity index (χ1n) is 7.84. The first kappa shape index (κ1) is 15.0. The minimum atomic E-state index is 0.140. The largest absolute Gasteiger partial charge is 0.351 e. The standard InChI is InChI=1S/C17H26N2O/c1-2-19(16-11-7-4-8-12-16)14-17(20)18-13-15-9-5-3-6-10-15/h3,5-6,9-10,16H,2,4,7-8,11-14H2,1H3,(H,18,20). The van der Waals surface area contributed by atoms with E-state index in [1.165, 1.54) is 32.1 Å². The van der Waals surface area contributed by atoms with Gasteiger partial charge in [-0.2, -0.15) is 0 Å². The van der Waals surface area contributed by atoms with Crippen molar-refractivity contribution in [2.75, 3.05) is 13.1 Å². The molecule has 110 valence electrons. The maximum absolute atomic E-state index is 12.1. The van der Waals surface area contributed by atoms with Crippen LogP contribution in [0, 0.1) is 0 Å². The van der Waals surface area contributed by atoms with Crippen molar-refractivity contribution in [3.63, 3.8) is 0 Å². The van der Waals surface area contributed by atoms with Crippen LogP contribution in [-0.4, -0.2) is 29.9 Å². The van der Waals surface area contributed by atoms with Gasteiger partial charge in [-0.05, 0) is 24.9 Å². The molecule has 0 aliphatic heterocycles. The Hall–Kier alpha value is -1.35. The van der Waals surface area contributed by atoms with Crippen LogP contribution >= 0.6 is 0 Å².